The molecule has 0 radical (unpaired) electrons. The Hall–Kier alpha value is -3.84. The number of amides is 3. The van der Waals surface area contributed by atoms with Gasteiger partial charge in [0.15, 0.2) is 11.6 Å². The van der Waals surface area contributed by atoms with Crippen LogP contribution in [0.25, 0.3) is 0 Å². The molecule has 1 aliphatic heterocycles. The van der Waals surface area contributed by atoms with Crippen LogP contribution in [0, 0.1) is 27.7 Å². The summed E-state index contributed by atoms with van der Waals surface area (Å²) in [7, 11) is 0. The van der Waals surface area contributed by atoms with Crippen LogP contribution in [0.3, 0.4) is 0 Å². The highest BCUT2D eigenvalue weighted by molar-refractivity contribution is 6.32. The van der Waals surface area contributed by atoms with Crippen LogP contribution >= 0.6 is 11.6 Å². The lowest BCUT2D eigenvalue weighted by Gasteiger charge is -2.32. The second-order valence-electron chi connectivity index (χ2n) is 10.7. The number of hydrogen-bond acceptors (Lipinski definition) is 7. The largest absolute Gasteiger partial charge is 0.444 e. The molecular weight excluding hydrogens is 564 g/mol. The van der Waals surface area contributed by atoms with Gasteiger partial charge in [-0.25, -0.2) is 13.6 Å². The molecule has 1 heterocycles. The van der Waals surface area contributed by atoms with Crippen molar-refractivity contribution in [3.8, 4) is 0 Å². The molecule has 0 atom stereocenters. The van der Waals surface area contributed by atoms with E-state index in [2.05, 4.69) is 20.9 Å². The standard InChI is InChI=1S/C27H32ClF2N5O6/c1-27(2,3)41-26(38)33-22-12-21(30)20(29)11-18(22)25(37)32-14-24(36)31-13-16-6-8-34(9-7-16)15-17-4-5-19(28)23(10-17)35(39)40/h4-5,10-12,16H,6-9,13-15H2,1-3H3,(H,31,36)(H,32,37)(H,33,38). The second kappa shape index (κ2) is 13.7. The van der Waals surface area contributed by atoms with Crippen molar-refractivity contribution in [1.82, 2.24) is 15.5 Å². The third kappa shape index (κ3) is 9.64. The Morgan fingerprint density at radius 1 is 1.10 bits per heavy atom. The van der Waals surface area contributed by atoms with Crippen molar-refractivity contribution < 1.29 is 32.8 Å². The summed E-state index contributed by atoms with van der Waals surface area (Å²) in [4.78, 5) is 49.9. The van der Waals surface area contributed by atoms with Gasteiger partial charge in [0, 0.05) is 25.2 Å². The first-order valence-electron chi connectivity index (χ1n) is 12.9. The number of ether oxygens (including phenoxy) is 1. The van der Waals surface area contributed by atoms with Crippen molar-refractivity contribution in [2.75, 3.05) is 31.5 Å². The number of carbonyl (C=O) groups is 3. The number of nitro groups is 1. The third-order valence-corrected chi connectivity index (χ3v) is 6.58. The van der Waals surface area contributed by atoms with Gasteiger partial charge in [-0.3, -0.25) is 29.9 Å². The van der Waals surface area contributed by atoms with E-state index < -0.39 is 46.6 Å². The van der Waals surface area contributed by atoms with E-state index in [0.29, 0.717) is 25.2 Å². The molecule has 3 N–H and O–H groups in total. The number of anilines is 1. The monoisotopic (exact) mass is 595 g/mol. The van der Waals surface area contributed by atoms with Crippen LogP contribution in [0.5, 0.6) is 0 Å². The van der Waals surface area contributed by atoms with Gasteiger partial charge < -0.3 is 15.4 Å². The Balaban J connectivity index is 1.46. The van der Waals surface area contributed by atoms with Crippen molar-refractivity contribution in [2.45, 2.75) is 45.8 Å². The molecule has 3 rings (SSSR count). The molecule has 11 nitrogen and oxygen atoms in total. The first-order valence-corrected chi connectivity index (χ1v) is 13.3. The van der Waals surface area contributed by atoms with Crippen molar-refractivity contribution in [1.29, 1.82) is 0 Å². The van der Waals surface area contributed by atoms with Crippen LogP contribution in [0.2, 0.25) is 5.02 Å². The Morgan fingerprint density at radius 3 is 2.39 bits per heavy atom. The summed E-state index contributed by atoms with van der Waals surface area (Å²) in [6, 6.07) is 6.04. The number of nitro benzene ring substituents is 1. The van der Waals surface area contributed by atoms with Crippen LogP contribution in [-0.4, -0.2) is 59.5 Å². The maximum Gasteiger partial charge on any atom is 0.412 e. The average Bonchev–Trinajstić information content (AvgIpc) is 2.88. The van der Waals surface area contributed by atoms with Gasteiger partial charge in [-0.05, 0) is 70.3 Å². The van der Waals surface area contributed by atoms with Crippen LogP contribution in [0.1, 0.15) is 49.5 Å². The zero-order valence-corrected chi connectivity index (χ0v) is 23.6. The lowest BCUT2D eigenvalue weighted by Crippen LogP contribution is -2.41. The average molecular weight is 596 g/mol. The number of nitrogens with one attached hydrogen (secondary N) is 3. The number of halogens is 3. The van der Waals surface area contributed by atoms with Gasteiger partial charge in [-0.2, -0.15) is 0 Å². The molecule has 1 aliphatic rings. The number of carbonyl (C=O) groups excluding carboxylic acids is 3. The highest BCUT2D eigenvalue weighted by atomic mass is 35.5. The van der Waals surface area contributed by atoms with Crippen LogP contribution in [0.4, 0.5) is 25.0 Å². The maximum absolute atomic E-state index is 13.9. The molecule has 0 aromatic heterocycles. The fraction of sp³-hybridized carbons (Fsp3) is 0.444. The lowest BCUT2D eigenvalue weighted by atomic mass is 9.96. The summed E-state index contributed by atoms with van der Waals surface area (Å²) < 4.78 is 32.7. The molecule has 1 saturated heterocycles. The van der Waals surface area contributed by atoms with Gasteiger partial charge in [0.05, 0.1) is 22.7 Å². The zero-order valence-electron chi connectivity index (χ0n) is 22.9. The molecule has 2 aromatic carbocycles. The number of piperidine rings is 1. The first kappa shape index (κ1) is 31.7. The molecule has 0 saturated carbocycles. The Kier molecular flexibility index (Phi) is 10.6. The van der Waals surface area contributed by atoms with Gasteiger partial charge >= 0.3 is 6.09 Å². The molecule has 222 valence electrons. The topological polar surface area (TPSA) is 143 Å². The van der Waals surface area contributed by atoms with Crippen LogP contribution in [0.15, 0.2) is 30.3 Å². The number of nitrogens with zero attached hydrogens (tertiary/aromatic N) is 2. The Bertz CT molecular complexity index is 1310. The highest BCUT2D eigenvalue weighted by Crippen LogP contribution is 2.27. The highest BCUT2D eigenvalue weighted by Gasteiger charge is 2.23. The number of rotatable bonds is 9. The quantitative estimate of drug-likeness (QED) is 0.283. The first-order chi connectivity index (χ1) is 19.2. The Morgan fingerprint density at radius 2 is 1.76 bits per heavy atom. The number of benzene rings is 2. The molecule has 0 spiro atoms. The molecular formula is C27H32ClF2N5O6. The van der Waals surface area contributed by atoms with E-state index in [1.807, 2.05) is 0 Å². The fourth-order valence-electron chi connectivity index (χ4n) is 4.23. The minimum absolute atomic E-state index is 0.0899. The molecule has 0 aliphatic carbocycles. The molecule has 1 fully saturated rings. The fourth-order valence-corrected chi connectivity index (χ4v) is 4.42. The summed E-state index contributed by atoms with van der Waals surface area (Å²) in [5, 5.41) is 18.5. The summed E-state index contributed by atoms with van der Waals surface area (Å²) >= 11 is 5.88. The zero-order chi connectivity index (χ0) is 30.3. The number of likely N-dealkylation sites (tertiary alicyclic amines) is 1. The van der Waals surface area contributed by atoms with E-state index in [1.54, 1.807) is 26.8 Å². The molecule has 41 heavy (non-hydrogen) atoms. The van der Waals surface area contributed by atoms with E-state index in [-0.39, 0.29) is 27.9 Å². The van der Waals surface area contributed by atoms with E-state index in [0.717, 1.165) is 31.5 Å². The molecule has 0 bridgehead atoms. The molecule has 3 amide bonds. The molecule has 2 aromatic rings. The van der Waals surface area contributed by atoms with E-state index in [1.165, 1.54) is 12.1 Å². The van der Waals surface area contributed by atoms with Gasteiger partial charge in [-0.1, -0.05) is 17.7 Å². The molecule has 14 heteroatoms. The van der Waals surface area contributed by atoms with Gasteiger partial charge in [0.1, 0.15) is 10.6 Å². The van der Waals surface area contributed by atoms with E-state index in [9.17, 15) is 33.3 Å². The van der Waals surface area contributed by atoms with Crippen molar-refractivity contribution >= 4 is 40.9 Å². The maximum atomic E-state index is 13.9. The second-order valence-corrected chi connectivity index (χ2v) is 11.1. The number of hydrogen-bond donors (Lipinski definition) is 3. The SMILES string of the molecule is CC(C)(C)OC(=O)Nc1cc(F)c(F)cc1C(=O)NCC(=O)NCC1CCN(Cc2ccc(Cl)c([N+](=O)[O-])c2)CC1. The van der Waals surface area contributed by atoms with E-state index >= 15 is 0 Å². The summed E-state index contributed by atoms with van der Waals surface area (Å²) in [6.45, 7) is 6.81. The predicted octanol–water partition coefficient (Wildman–Crippen LogP) is 4.63. The van der Waals surface area contributed by atoms with Crippen molar-refractivity contribution in [3.05, 3.63) is 68.2 Å². The van der Waals surface area contributed by atoms with Crippen molar-refractivity contribution in [2.24, 2.45) is 5.92 Å². The normalized spacial score (nSPS) is 14.3. The van der Waals surface area contributed by atoms with Crippen molar-refractivity contribution in [3.63, 3.8) is 0 Å². The van der Waals surface area contributed by atoms with Gasteiger partial charge in [0.25, 0.3) is 11.6 Å². The summed E-state index contributed by atoms with van der Waals surface area (Å²) in [6.07, 6.45) is 0.615. The minimum atomic E-state index is -1.30. The Labute approximate surface area is 240 Å². The van der Waals surface area contributed by atoms with E-state index in [4.69, 9.17) is 16.3 Å². The smallest absolute Gasteiger partial charge is 0.412 e. The summed E-state index contributed by atoms with van der Waals surface area (Å²) in [5.74, 6) is -3.73. The van der Waals surface area contributed by atoms with Crippen LogP contribution in [-0.2, 0) is 16.1 Å². The predicted molar refractivity (Wildman–Crippen MR) is 148 cm³/mol. The molecule has 0 unspecified atom stereocenters. The van der Waals surface area contributed by atoms with Crippen LogP contribution < -0.4 is 16.0 Å². The minimum Gasteiger partial charge on any atom is -0.444 e. The van der Waals surface area contributed by atoms with Gasteiger partial charge in [0.2, 0.25) is 5.91 Å². The third-order valence-electron chi connectivity index (χ3n) is 6.26. The lowest BCUT2D eigenvalue weighted by molar-refractivity contribution is -0.384. The van der Waals surface area contributed by atoms with Gasteiger partial charge in [-0.15, -0.1) is 0 Å². The summed E-state index contributed by atoms with van der Waals surface area (Å²) in [5.41, 5.74) is -0.889.